The minimum Gasteiger partial charge on any atom is -0.326 e. The van der Waals surface area contributed by atoms with E-state index in [0.717, 1.165) is 16.3 Å². The van der Waals surface area contributed by atoms with Crippen LogP contribution in [0, 0.1) is 13.8 Å². The second-order valence-electron chi connectivity index (χ2n) is 3.55. The van der Waals surface area contributed by atoms with Crippen LogP contribution in [0.1, 0.15) is 16.3 Å². The van der Waals surface area contributed by atoms with Gasteiger partial charge < -0.3 is 5.73 Å². The first kappa shape index (κ1) is 10.3. The van der Waals surface area contributed by atoms with Gasteiger partial charge in [-0.2, -0.15) is 0 Å². The van der Waals surface area contributed by atoms with Crippen molar-refractivity contribution in [1.29, 1.82) is 0 Å². The van der Waals surface area contributed by atoms with Gasteiger partial charge in [-0.25, -0.2) is 4.98 Å². The van der Waals surface area contributed by atoms with E-state index in [9.17, 15) is 0 Å². The average molecular weight is 218 g/mol. The summed E-state index contributed by atoms with van der Waals surface area (Å²) in [6, 6.07) is 8.35. The summed E-state index contributed by atoms with van der Waals surface area (Å²) < 4.78 is 0. The van der Waals surface area contributed by atoms with Gasteiger partial charge in [-0.3, -0.25) is 0 Å². The Labute approximate surface area is 93.8 Å². The van der Waals surface area contributed by atoms with Crippen LogP contribution >= 0.6 is 11.3 Å². The Kier molecular flexibility index (Phi) is 2.84. The second-order valence-corrected chi connectivity index (χ2v) is 4.76. The average Bonchev–Trinajstić information content (AvgIpc) is 2.58. The molecule has 0 unspecified atom stereocenters. The van der Waals surface area contributed by atoms with Crippen molar-refractivity contribution in [2.45, 2.75) is 20.4 Å². The van der Waals surface area contributed by atoms with Gasteiger partial charge >= 0.3 is 0 Å². The van der Waals surface area contributed by atoms with Crippen molar-refractivity contribution >= 4 is 11.3 Å². The zero-order chi connectivity index (χ0) is 10.8. The van der Waals surface area contributed by atoms with E-state index in [0.29, 0.717) is 6.54 Å². The van der Waals surface area contributed by atoms with Gasteiger partial charge in [0.05, 0.1) is 15.6 Å². The molecule has 0 aliphatic heterocycles. The lowest BCUT2D eigenvalue weighted by Gasteiger charge is -2.01. The van der Waals surface area contributed by atoms with Gasteiger partial charge in [-0.05, 0) is 31.0 Å². The number of thiazole rings is 1. The van der Waals surface area contributed by atoms with E-state index >= 15 is 0 Å². The summed E-state index contributed by atoms with van der Waals surface area (Å²) in [5.74, 6) is 0. The minimum atomic E-state index is 0.588. The molecule has 0 amide bonds. The number of nitrogens with two attached hydrogens (primary N) is 1. The van der Waals surface area contributed by atoms with Gasteiger partial charge in [0.1, 0.15) is 0 Å². The molecule has 0 radical (unpaired) electrons. The highest BCUT2D eigenvalue weighted by Crippen LogP contribution is 2.29. The predicted octanol–water partition coefficient (Wildman–Crippen LogP) is 2.89. The van der Waals surface area contributed by atoms with Crippen LogP contribution in [0.4, 0.5) is 0 Å². The van der Waals surface area contributed by atoms with Crippen molar-refractivity contribution < 1.29 is 0 Å². The van der Waals surface area contributed by atoms with E-state index in [-0.39, 0.29) is 0 Å². The third kappa shape index (κ3) is 2.08. The summed E-state index contributed by atoms with van der Waals surface area (Å²) >= 11 is 1.73. The minimum absolute atomic E-state index is 0.588. The van der Waals surface area contributed by atoms with Gasteiger partial charge in [-0.1, -0.05) is 18.2 Å². The molecule has 15 heavy (non-hydrogen) atoms. The molecule has 0 aliphatic carbocycles. The third-order valence-electron chi connectivity index (χ3n) is 2.33. The SMILES string of the molecule is Cc1nc(C)c(-c2cccc(CN)c2)s1. The molecule has 1 aromatic heterocycles. The lowest BCUT2D eigenvalue weighted by Crippen LogP contribution is -1.95. The lowest BCUT2D eigenvalue weighted by atomic mass is 10.1. The highest BCUT2D eigenvalue weighted by Gasteiger charge is 2.07. The third-order valence-corrected chi connectivity index (χ3v) is 3.45. The fraction of sp³-hybridized carbons (Fsp3) is 0.250. The van der Waals surface area contributed by atoms with Crippen molar-refractivity contribution in [2.24, 2.45) is 5.73 Å². The molecule has 2 aromatic rings. The van der Waals surface area contributed by atoms with E-state index in [2.05, 4.69) is 17.1 Å². The van der Waals surface area contributed by atoms with Gasteiger partial charge in [0.25, 0.3) is 0 Å². The summed E-state index contributed by atoms with van der Waals surface area (Å²) in [5.41, 5.74) is 9.12. The Morgan fingerprint density at radius 2 is 2.13 bits per heavy atom. The number of aromatic nitrogens is 1. The molecule has 0 saturated carbocycles. The van der Waals surface area contributed by atoms with Crippen molar-refractivity contribution in [1.82, 2.24) is 4.98 Å². The van der Waals surface area contributed by atoms with E-state index in [1.54, 1.807) is 11.3 Å². The summed E-state index contributed by atoms with van der Waals surface area (Å²) in [5, 5.41) is 1.11. The molecule has 0 fully saturated rings. The molecule has 3 heteroatoms. The largest absolute Gasteiger partial charge is 0.326 e. The van der Waals surface area contributed by atoms with Crippen molar-refractivity contribution in [2.75, 3.05) is 0 Å². The first-order valence-electron chi connectivity index (χ1n) is 4.94. The molecular formula is C12H14N2S. The Morgan fingerprint density at radius 3 is 2.73 bits per heavy atom. The molecular weight excluding hydrogens is 204 g/mol. The Balaban J connectivity index is 2.49. The van der Waals surface area contributed by atoms with E-state index in [1.165, 1.54) is 10.4 Å². The molecule has 1 heterocycles. The van der Waals surface area contributed by atoms with Crippen LogP contribution < -0.4 is 5.73 Å². The van der Waals surface area contributed by atoms with Crippen LogP contribution in [0.15, 0.2) is 24.3 Å². The number of hydrogen-bond donors (Lipinski definition) is 1. The molecule has 0 atom stereocenters. The Hall–Kier alpha value is -1.19. The monoisotopic (exact) mass is 218 g/mol. The van der Waals surface area contributed by atoms with Gasteiger partial charge in [0.15, 0.2) is 0 Å². The molecule has 2 N–H and O–H groups in total. The summed E-state index contributed by atoms with van der Waals surface area (Å²) in [6.45, 7) is 4.67. The normalized spacial score (nSPS) is 10.6. The van der Waals surface area contributed by atoms with Crippen LogP contribution in [0.3, 0.4) is 0 Å². The molecule has 0 aliphatic rings. The number of hydrogen-bond acceptors (Lipinski definition) is 3. The number of rotatable bonds is 2. The number of aryl methyl sites for hydroxylation is 2. The number of nitrogens with zero attached hydrogens (tertiary/aromatic N) is 1. The Morgan fingerprint density at radius 1 is 1.33 bits per heavy atom. The Bertz CT molecular complexity index is 474. The predicted molar refractivity (Wildman–Crippen MR) is 64.9 cm³/mol. The molecule has 78 valence electrons. The molecule has 0 bridgehead atoms. The molecule has 1 aromatic carbocycles. The summed E-state index contributed by atoms with van der Waals surface area (Å²) in [7, 11) is 0. The van der Waals surface area contributed by atoms with Crippen molar-refractivity contribution in [3.63, 3.8) is 0 Å². The maximum Gasteiger partial charge on any atom is 0.0903 e. The smallest absolute Gasteiger partial charge is 0.0903 e. The maximum atomic E-state index is 5.63. The second kappa shape index (κ2) is 4.13. The standard InChI is InChI=1S/C12H14N2S/c1-8-12(15-9(2)14-8)11-5-3-4-10(6-11)7-13/h3-6H,7,13H2,1-2H3. The first-order chi connectivity index (χ1) is 7.20. The topological polar surface area (TPSA) is 38.9 Å². The molecule has 2 nitrogen and oxygen atoms in total. The number of benzene rings is 1. The van der Waals surface area contributed by atoms with Crippen molar-refractivity contribution in [3.8, 4) is 10.4 Å². The fourth-order valence-corrected chi connectivity index (χ4v) is 2.55. The maximum absolute atomic E-state index is 5.63. The van der Waals surface area contributed by atoms with Crippen molar-refractivity contribution in [3.05, 3.63) is 40.5 Å². The van der Waals surface area contributed by atoms with Gasteiger partial charge in [0.2, 0.25) is 0 Å². The molecule has 0 saturated heterocycles. The zero-order valence-corrected chi connectivity index (χ0v) is 9.77. The van der Waals surface area contributed by atoms with Crippen LogP contribution in [-0.2, 0) is 6.54 Å². The highest BCUT2D eigenvalue weighted by molar-refractivity contribution is 7.15. The summed E-state index contributed by atoms with van der Waals surface area (Å²) in [6.07, 6.45) is 0. The van der Waals surface area contributed by atoms with Gasteiger partial charge in [0, 0.05) is 6.54 Å². The zero-order valence-electron chi connectivity index (χ0n) is 8.95. The van der Waals surface area contributed by atoms with Crippen LogP contribution in [0.25, 0.3) is 10.4 Å². The highest BCUT2D eigenvalue weighted by atomic mass is 32.1. The molecule has 0 spiro atoms. The van der Waals surface area contributed by atoms with Gasteiger partial charge in [-0.15, -0.1) is 11.3 Å². The molecule has 2 rings (SSSR count). The van der Waals surface area contributed by atoms with Crippen LogP contribution in [0.5, 0.6) is 0 Å². The fourth-order valence-electron chi connectivity index (χ4n) is 1.64. The lowest BCUT2D eigenvalue weighted by molar-refractivity contribution is 1.07. The van der Waals surface area contributed by atoms with Crippen LogP contribution in [-0.4, -0.2) is 4.98 Å². The first-order valence-corrected chi connectivity index (χ1v) is 5.76. The van der Waals surface area contributed by atoms with Crippen LogP contribution in [0.2, 0.25) is 0 Å². The quantitative estimate of drug-likeness (QED) is 0.841. The van der Waals surface area contributed by atoms with E-state index in [4.69, 9.17) is 5.73 Å². The van der Waals surface area contributed by atoms with E-state index in [1.807, 2.05) is 26.0 Å². The van der Waals surface area contributed by atoms with E-state index < -0.39 is 0 Å². The summed E-state index contributed by atoms with van der Waals surface area (Å²) in [4.78, 5) is 5.68.